The molecule has 1 rings (SSSR count). The van der Waals surface area contributed by atoms with Gasteiger partial charge in [-0.3, -0.25) is 4.79 Å². The lowest BCUT2D eigenvalue weighted by Crippen LogP contribution is -1.92. The molecule has 0 atom stereocenters. The lowest BCUT2D eigenvalue weighted by Gasteiger charge is -1.98. The Kier molecular flexibility index (Phi) is 4.86. The lowest BCUT2D eigenvalue weighted by molar-refractivity contribution is -0.128. The Labute approximate surface area is 86.5 Å². The van der Waals surface area contributed by atoms with Gasteiger partial charge in [-0.05, 0) is 30.2 Å². The Morgan fingerprint density at radius 3 is 2.92 bits per heavy atom. The number of carbonyl (C=O) groups is 1. The Balaban J connectivity index is 2.13. The summed E-state index contributed by atoms with van der Waals surface area (Å²) in [6.45, 7) is 0.989. The van der Waals surface area contributed by atoms with Gasteiger partial charge in [-0.25, -0.2) is 0 Å². The number of aryl methyl sites for hydroxylation is 1. The summed E-state index contributed by atoms with van der Waals surface area (Å²) in [6, 6.07) is 0. The van der Waals surface area contributed by atoms with Crippen molar-refractivity contribution in [1.29, 1.82) is 0 Å². The predicted octanol–water partition coefficient (Wildman–Crippen LogP) is 2.90. The van der Waals surface area contributed by atoms with Crippen molar-refractivity contribution in [2.75, 3.05) is 6.61 Å². The third kappa shape index (κ3) is 3.79. The summed E-state index contributed by atoms with van der Waals surface area (Å²) < 4.78 is 4.57. The molecular weight excluding hydrogens is 208 g/mol. The van der Waals surface area contributed by atoms with Gasteiger partial charge in [-0.1, -0.05) is 11.6 Å². The molecule has 4 heteroatoms. The molecule has 0 fully saturated rings. The second-order valence-corrected chi connectivity index (χ2v) is 3.82. The Morgan fingerprint density at radius 2 is 2.31 bits per heavy atom. The largest absolute Gasteiger partial charge is 0.468 e. The van der Waals surface area contributed by atoms with Crippen LogP contribution < -0.4 is 0 Å². The smallest absolute Gasteiger partial charge is 0.293 e. The van der Waals surface area contributed by atoms with E-state index in [9.17, 15) is 4.79 Å². The van der Waals surface area contributed by atoms with Gasteiger partial charge in [0.05, 0.1) is 11.6 Å². The highest BCUT2D eigenvalue weighted by atomic mass is 35.5. The molecule has 1 aromatic heterocycles. The summed E-state index contributed by atoms with van der Waals surface area (Å²) in [4.78, 5) is 9.81. The Hall–Kier alpha value is -0.540. The van der Waals surface area contributed by atoms with Crippen molar-refractivity contribution in [2.45, 2.75) is 19.3 Å². The van der Waals surface area contributed by atoms with Gasteiger partial charge in [0.2, 0.25) is 0 Å². The lowest BCUT2D eigenvalue weighted by atomic mass is 10.1. The standard InChI is InChI=1S/C9H11ClO2S/c10-9-6-13-5-8(9)3-1-2-4-12-7-11/h5-7H,1-4H2. The maximum atomic E-state index is 9.81. The van der Waals surface area contributed by atoms with Crippen LogP contribution in [0.5, 0.6) is 0 Å². The summed E-state index contributed by atoms with van der Waals surface area (Å²) in [5.41, 5.74) is 1.19. The first-order chi connectivity index (χ1) is 6.34. The topological polar surface area (TPSA) is 26.3 Å². The van der Waals surface area contributed by atoms with E-state index >= 15 is 0 Å². The average molecular weight is 219 g/mol. The third-order valence-electron chi connectivity index (χ3n) is 1.71. The zero-order valence-corrected chi connectivity index (χ0v) is 8.74. The van der Waals surface area contributed by atoms with Gasteiger partial charge >= 0.3 is 0 Å². The molecular formula is C9H11ClO2S. The number of halogens is 1. The van der Waals surface area contributed by atoms with E-state index in [1.165, 1.54) is 5.56 Å². The van der Waals surface area contributed by atoms with Crippen molar-refractivity contribution in [3.63, 3.8) is 0 Å². The van der Waals surface area contributed by atoms with Crippen LogP contribution in [-0.4, -0.2) is 13.1 Å². The van der Waals surface area contributed by atoms with E-state index in [-0.39, 0.29) is 0 Å². The molecule has 0 spiro atoms. The summed E-state index contributed by atoms with van der Waals surface area (Å²) in [6.07, 6.45) is 2.86. The second-order valence-electron chi connectivity index (χ2n) is 2.67. The minimum absolute atomic E-state index is 0.484. The summed E-state index contributed by atoms with van der Waals surface area (Å²) in [5.74, 6) is 0. The normalized spacial score (nSPS) is 9.92. The monoisotopic (exact) mass is 218 g/mol. The maximum Gasteiger partial charge on any atom is 0.293 e. The molecule has 1 heterocycles. The Bertz CT molecular complexity index is 260. The third-order valence-corrected chi connectivity index (χ3v) is 2.99. The van der Waals surface area contributed by atoms with Gasteiger partial charge in [-0.15, -0.1) is 0 Å². The fourth-order valence-corrected chi connectivity index (χ4v) is 2.15. The number of hydrogen-bond donors (Lipinski definition) is 0. The van der Waals surface area contributed by atoms with Crippen molar-refractivity contribution >= 4 is 29.4 Å². The van der Waals surface area contributed by atoms with Crippen molar-refractivity contribution in [3.05, 3.63) is 21.3 Å². The first kappa shape index (κ1) is 10.5. The fourth-order valence-electron chi connectivity index (χ4n) is 1.04. The van der Waals surface area contributed by atoms with E-state index in [1.54, 1.807) is 11.3 Å². The molecule has 0 amide bonds. The molecule has 0 saturated heterocycles. The molecule has 0 radical (unpaired) electrons. The van der Waals surface area contributed by atoms with Crippen LogP contribution in [0.2, 0.25) is 5.02 Å². The van der Waals surface area contributed by atoms with Gasteiger partial charge < -0.3 is 4.74 Å². The van der Waals surface area contributed by atoms with Crippen LogP contribution >= 0.6 is 22.9 Å². The summed E-state index contributed by atoms with van der Waals surface area (Å²) in [7, 11) is 0. The first-order valence-electron chi connectivity index (χ1n) is 4.10. The van der Waals surface area contributed by atoms with Crippen molar-refractivity contribution in [2.24, 2.45) is 0 Å². The number of rotatable bonds is 6. The highest BCUT2D eigenvalue weighted by Gasteiger charge is 2.00. The number of carbonyl (C=O) groups excluding carboxylic acids is 1. The van der Waals surface area contributed by atoms with E-state index in [4.69, 9.17) is 11.6 Å². The van der Waals surface area contributed by atoms with Crippen LogP contribution in [0.3, 0.4) is 0 Å². The highest BCUT2D eigenvalue weighted by molar-refractivity contribution is 7.08. The van der Waals surface area contributed by atoms with Crippen LogP contribution in [0.15, 0.2) is 10.8 Å². The highest BCUT2D eigenvalue weighted by Crippen LogP contribution is 2.22. The molecule has 0 N–H and O–H groups in total. The van der Waals surface area contributed by atoms with E-state index < -0.39 is 0 Å². The summed E-state index contributed by atoms with van der Waals surface area (Å²) >= 11 is 7.52. The van der Waals surface area contributed by atoms with Crippen LogP contribution in [0, 0.1) is 0 Å². The fraction of sp³-hybridized carbons (Fsp3) is 0.444. The molecule has 0 aromatic carbocycles. The molecule has 72 valence electrons. The van der Waals surface area contributed by atoms with Crippen molar-refractivity contribution in [3.8, 4) is 0 Å². The molecule has 0 aliphatic rings. The predicted molar refractivity (Wildman–Crippen MR) is 54.3 cm³/mol. The maximum absolute atomic E-state index is 9.81. The SMILES string of the molecule is O=COCCCCc1cscc1Cl. The second kappa shape index (κ2) is 6.00. The first-order valence-corrected chi connectivity index (χ1v) is 5.42. The van der Waals surface area contributed by atoms with Crippen LogP contribution in [0.1, 0.15) is 18.4 Å². The van der Waals surface area contributed by atoms with Gasteiger partial charge in [0, 0.05) is 5.38 Å². The van der Waals surface area contributed by atoms with E-state index in [0.29, 0.717) is 13.1 Å². The van der Waals surface area contributed by atoms with Gasteiger partial charge in [-0.2, -0.15) is 11.3 Å². The molecule has 1 aromatic rings. The average Bonchev–Trinajstić information content (AvgIpc) is 2.52. The van der Waals surface area contributed by atoms with Crippen molar-refractivity contribution < 1.29 is 9.53 Å². The van der Waals surface area contributed by atoms with E-state index in [2.05, 4.69) is 10.1 Å². The van der Waals surface area contributed by atoms with Gasteiger partial charge in [0.1, 0.15) is 0 Å². The van der Waals surface area contributed by atoms with Crippen LogP contribution in [0.25, 0.3) is 0 Å². The van der Waals surface area contributed by atoms with Crippen LogP contribution in [-0.2, 0) is 16.0 Å². The number of unbranched alkanes of at least 4 members (excludes halogenated alkanes) is 1. The molecule has 0 aliphatic heterocycles. The quantitative estimate of drug-likeness (QED) is 0.542. The molecule has 0 saturated carbocycles. The van der Waals surface area contributed by atoms with Crippen molar-refractivity contribution in [1.82, 2.24) is 0 Å². The zero-order chi connectivity index (χ0) is 9.52. The van der Waals surface area contributed by atoms with E-state index in [0.717, 1.165) is 24.3 Å². The summed E-state index contributed by atoms with van der Waals surface area (Å²) in [5, 5.41) is 4.84. The number of ether oxygens (including phenoxy) is 1. The van der Waals surface area contributed by atoms with Gasteiger partial charge in [0.25, 0.3) is 6.47 Å². The minimum atomic E-state index is 0.484. The minimum Gasteiger partial charge on any atom is -0.468 e. The molecule has 13 heavy (non-hydrogen) atoms. The molecule has 0 unspecified atom stereocenters. The number of hydrogen-bond acceptors (Lipinski definition) is 3. The number of thiophene rings is 1. The molecule has 2 nitrogen and oxygen atoms in total. The van der Waals surface area contributed by atoms with E-state index in [1.807, 2.05) is 5.38 Å². The zero-order valence-electron chi connectivity index (χ0n) is 7.16. The van der Waals surface area contributed by atoms with Gasteiger partial charge in [0.15, 0.2) is 0 Å². The van der Waals surface area contributed by atoms with Crippen LogP contribution in [0.4, 0.5) is 0 Å². The molecule has 0 bridgehead atoms. The Morgan fingerprint density at radius 1 is 1.46 bits per heavy atom. The molecule has 0 aliphatic carbocycles.